The molecule has 0 spiro atoms. The van der Waals surface area contributed by atoms with Crippen LogP contribution < -0.4 is 10.1 Å². The van der Waals surface area contributed by atoms with Crippen LogP contribution in [0.25, 0.3) is 0 Å². The number of ether oxygens (including phenoxy) is 1. The van der Waals surface area contributed by atoms with Crippen LogP contribution in [0.1, 0.15) is 40.0 Å². The van der Waals surface area contributed by atoms with Crippen LogP contribution in [0.3, 0.4) is 0 Å². The molecule has 2 N–H and O–H groups in total. The number of rotatable bonds is 9. The highest BCUT2D eigenvalue weighted by Crippen LogP contribution is 2.23. The van der Waals surface area contributed by atoms with Crippen molar-refractivity contribution in [2.75, 3.05) is 6.61 Å². The summed E-state index contributed by atoms with van der Waals surface area (Å²) in [6, 6.07) is 7.15. The van der Waals surface area contributed by atoms with E-state index < -0.39 is 11.5 Å². The maximum absolute atomic E-state index is 12.0. The monoisotopic (exact) mass is 341 g/mol. The molecular formula is C17H24ClNO4. The highest BCUT2D eigenvalue weighted by Gasteiger charge is 2.32. The fourth-order valence-corrected chi connectivity index (χ4v) is 2.25. The van der Waals surface area contributed by atoms with E-state index in [1.807, 2.05) is 26.0 Å². The Kier molecular flexibility index (Phi) is 7.36. The van der Waals surface area contributed by atoms with Crippen LogP contribution in [0.5, 0.6) is 5.75 Å². The Labute approximate surface area is 142 Å². The first kappa shape index (κ1) is 19.3. The standard InChI is InChI=1S/C17H24ClNO4/c1-12(2)17(3,11-16(21)22)19-15(20)9-6-10-23-14-8-5-4-7-13(14)18/h4-5,7-8,12H,6,9-11H2,1-3H3,(H,19,20)(H,21,22). The third-order valence-corrected chi connectivity index (χ3v) is 4.17. The topological polar surface area (TPSA) is 75.6 Å². The Morgan fingerprint density at radius 3 is 2.57 bits per heavy atom. The van der Waals surface area contributed by atoms with Gasteiger partial charge in [0.05, 0.1) is 18.1 Å². The number of carbonyl (C=O) groups is 2. The fourth-order valence-electron chi connectivity index (χ4n) is 2.06. The smallest absolute Gasteiger partial charge is 0.305 e. The number of carboxylic acid groups (broad SMARTS) is 1. The second-order valence-corrected chi connectivity index (χ2v) is 6.48. The third-order valence-electron chi connectivity index (χ3n) is 3.86. The van der Waals surface area contributed by atoms with Crippen LogP contribution in [-0.4, -0.2) is 29.1 Å². The summed E-state index contributed by atoms with van der Waals surface area (Å²) in [4.78, 5) is 23.0. The summed E-state index contributed by atoms with van der Waals surface area (Å²) < 4.78 is 5.52. The van der Waals surface area contributed by atoms with Crippen molar-refractivity contribution in [3.8, 4) is 5.75 Å². The highest BCUT2D eigenvalue weighted by atomic mass is 35.5. The zero-order valence-corrected chi connectivity index (χ0v) is 14.5. The lowest BCUT2D eigenvalue weighted by Crippen LogP contribution is -2.51. The van der Waals surface area contributed by atoms with Crippen LogP contribution in [0.4, 0.5) is 0 Å². The highest BCUT2D eigenvalue weighted by molar-refractivity contribution is 6.32. The number of aliphatic carboxylic acids is 1. The number of carbonyl (C=O) groups excluding carboxylic acids is 1. The molecule has 0 aliphatic carbocycles. The van der Waals surface area contributed by atoms with Gasteiger partial charge in [-0.05, 0) is 31.4 Å². The first-order valence-corrected chi connectivity index (χ1v) is 8.02. The maximum Gasteiger partial charge on any atom is 0.305 e. The molecule has 1 rings (SSSR count). The summed E-state index contributed by atoms with van der Waals surface area (Å²) in [6.07, 6.45) is 0.692. The first-order chi connectivity index (χ1) is 10.7. The van der Waals surface area contributed by atoms with Crippen molar-refractivity contribution < 1.29 is 19.4 Å². The van der Waals surface area contributed by atoms with Crippen LogP contribution in [-0.2, 0) is 9.59 Å². The van der Waals surface area contributed by atoms with Gasteiger partial charge in [-0.15, -0.1) is 0 Å². The molecule has 0 aromatic heterocycles. The average molecular weight is 342 g/mol. The van der Waals surface area contributed by atoms with Crippen LogP contribution in [0.2, 0.25) is 5.02 Å². The summed E-state index contributed by atoms with van der Waals surface area (Å²) in [5, 5.41) is 12.4. The number of benzene rings is 1. The van der Waals surface area contributed by atoms with Gasteiger partial charge in [-0.25, -0.2) is 0 Å². The summed E-state index contributed by atoms with van der Waals surface area (Å²) in [5.41, 5.74) is -0.757. The van der Waals surface area contributed by atoms with Crippen molar-refractivity contribution in [1.29, 1.82) is 0 Å². The van der Waals surface area contributed by atoms with Gasteiger partial charge in [-0.3, -0.25) is 9.59 Å². The molecule has 0 aliphatic heterocycles. The minimum absolute atomic E-state index is 0.0157. The third kappa shape index (κ3) is 6.48. The normalized spacial score (nSPS) is 13.4. The van der Waals surface area contributed by atoms with E-state index in [-0.39, 0.29) is 24.7 Å². The molecule has 23 heavy (non-hydrogen) atoms. The van der Waals surface area contributed by atoms with Gasteiger partial charge in [0, 0.05) is 12.0 Å². The van der Waals surface area contributed by atoms with Gasteiger partial charge in [0.1, 0.15) is 5.75 Å². The molecule has 0 fully saturated rings. The largest absolute Gasteiger partial charge is 0.492 e. The van der Waals surface area contributed by atoms with Crippen LogP contribution >= 0.6 is 11.6 Å². The lowest BCUT2D eigenvalue weighted by atomic mass is 9.85. The molecule has 0 bridgehead atoms. The van der Waals surface area contributed by atoms with Gasteiger partial charge in [0.25, 0.3) is 0 Å². The Bertz CT molecular complexity index is 547. The number of carboxylic acids is 1. The first-order valence-electron chi connectivity index (χ1n) is 7.65. The number of para-hydroxylation sites is 1. The maximum atomic E-state index is 12.0. The van der Waals surface area contributed by atoms with Gasteiger partial charge >= 0.3 is 5.97 Å². The lowest BCUT2D eigenvalue weighted by Gasteiger charge is -2.33. The zero-order chi connectivity index (χ0) is 17.5. The van der Waals surface area contributed by atoms with Crippen LogP contribution in [0, 0.1) is 5.92 Å². The van der Waals surface area contributed by atoms with E-state index >= 15 is 0 Å². The Balaban J connectivity index is 2.41. The molecule has 6 heteroatoms. The molecule has 0 heterocycles. The predicted octanol–water partition coefficient (Wildman–Crippen LogP) is 3.50. The van der Waals surface area contributed by atoms with E-state index in [2.05, 4.69) is 5.32 Å². The van der Waals surface area contributed by atoms with Gasteiger partial charge in [-0.1, -0.05) is 37.6 Å². The average Bonchev–Trinajstić information content (AvgIpc) is 2.44. The predicted molar refractivity (Wildman–Crippen MR) is 89.8 cm³/mol. The molecule has 0 radical (unpaired) electrons. The Morgan fingerprint density at radius 2 is 2.00 bits per heavy atom. The van der Waals surface area contributed by atoms with Gasteiger partial charge in [0.15, 0.2) is 0 Å². The molecule has 1 atom stereocenters. The van der Waals surface area contributed by atoms with Gasteiger partial charge < -0.3 is 15.2 Å². The minimum Gasteiger partial charge on any atom is -0.492 e. The molecule has 5 nitrogen and oxygen atoms in total. The molecular weight excluding hydrogens is 318 g/mol. The summed E-state index contributed by atoms with van der Waals surface area (Å²) in [5.74, 6) is -0.497. The van der Waals surface area contributed by atoms with E-state index in [1.165, 1.54) is 0 Å². The number of amides is 1. The molecule has 1 aromatic carbocycles. The molecule has 0 aliphatic rings. The summed E-state index contributed by atoms with van der Waals surface area (Å²) >= 11 is 5.98. The second-order valence-electron chi connectivity index (χ2n) is 6.07. The molecule has 1 unspecified atom stereocenters. The van der Waals surface area contributed by atoms with E-state index in [0.29, 0.717) is 23.8 Å². The van der Waals surface area contributed by atoms with E-state index in [0.717, 1.165) is 0 Å². The molecule has 0 saturated heterocycles. The van der Waals surface area contributed by atoms with Crippen molar-refractivity contribution in [2.24, 2.45) is 5.92 Å². The SMILES string of the molecule is CC(C)C(C)(CC(=O)O)NC(=O)CCCOc1ccccc1Cl. The van der Waals surface area contributed by atoms with Crippen molar-refractivity contribution >= 4 is 23.5 Å². The Hall–Kier alpha value is -1.75. The van der Waals surface area contributed by atoms with E-state index in [4.69, 9.17) is 21.4 Å². The van der Waals surface area contributed by atoms with Crippen molar-refractivity contribution in [3.63, 3.8) is 0 Å². The van der Waals surface area contributed by atoms with Gasteiger partial charge in [-0.2, -0.15) is 0 Å². The second kappa shape index (κ2) is 8.77. The Morgan fingerprint density at radius 1 is 1.35 bits per heavy atom. The number of hydrogen-bond donors (Lipinski definition) is 2. The molecule has 0 saturated carbocycles. The number of nitrogens with one attached hydrogen (secondary N) is 1. The molecule has 128 valence electrons. The van der Waals surface area contributed by atoms with Gasteiger partial charge in [0.2, 0.25) is 5.91 Å². The van der Waals surface area contributed by atoms with Crippen molar-refractivity contribution in [2.45, 2.75) is 45.6 Å². The van der Waals surface area contributed by atoms with E-state index in [1.54, 1.807) is 19.1 Å². The molecule has 1 aromatic rings. The quantitative estimate of drug-likeness (QED) is 0.674. The van der Waals surface area contributed by atoms with Crippen LogP contribution in [0.15, 0.2) is 24.3 Å². The summed E-state index contributed by atoms with van der Waals surface area (Å²) in [6.45, 7) is 5.91. The lowest BCUT2D eigenvalue weighted by molar-refractivity contribution is -0.139. The molecule has 1 amide bonds. The minimum atomic E-state index is -0.927. The van der Waals surface area contributed by atoms with Crippen molar-refractivity contribution in [1.82, 2.24) is 5.32 Å². The summed E-state index contributed by atoms with van der Waals surface area (Å²) in [7, 11) is 0. The fraction of sp³-hybridized carbons (Fsp3) is 0.529. The number of hydrogen-bond acceptors (Lipinski definition) is 3. The zero-order valence-electron chi connectivity index (χ0n) is 13.8. The van der Waals surface area contributed by atoms with E-state index in [9.17, 15) is 9.59 Å². The van der Waals surface area contributed by atoms with Crippen molar-refractivity contribution in [3.05, 3.63) is 29.3 Å². The number of halogens is 1.